The minimum atomic E-state index is 0.137. The van der Waals surface area contributed by atoms with Crippen molar-refractivity contribution in [1.82, 2.24) is 0 Å². The molecule has 2 heteroatoms. The molecule has 0 heterocycles. The topological polar surface area (TPSA) is 26.3 Å². The van der Waals surface area contributed by atoms with Gasteiger partial charge in [0.25, 0.3) is 0 Å². The summed E-state index contributed by atoms with van der Waals surface area (Å²) in [6, 6.07) is 6.47. The standard InChI is InChI=1S/C17H18O2/c1-19-14-4-5-15-11(9-14)2-3-13-8-12-10-17(13,15)7-6-16(12)18/h4-7,9,12-13H,2-3,8,10H2,1H3. The second-order valence-electron chi connectivity index (χ2n) is 6.17. The zero-order valence-corrected chi connectivity index (χ0v) is 11.2. The number of benzene rings is 1. The summed E-state index contributed by atoms with van der Waals surface area (Å²) in [4.78, 5) is 11.9. The molecule has 0 N–H and O–H groups in total. The van der Waals surface area contributed by atoms with Crippen LogP contribution >= 0.6 is 0 Å². The van der Waals surface area contributed by atoms with Gasteiger partial charge >= 0.3 is 0 Å². The van der Waals surface area contributed by atoms with Gasteiger partial charge in [-0.15, -0.1) is 0 Å². The van der Waals surface area contributed by atoms with Crippen molar-refractivity contribution in [1.29, 1.82) is 0 Å². The van der Waals surface area contributed by atoms with Crippen molar-refractivity contribution in [2.24, 2.45) is 11.8 Å². The lowest BCUT2D eigenvalue weighted by Crippen LogP contribution is -2.35. The molecule has 4 rings (SSSR count). The van der Waals surface area contributed by atoms with Crippen LogP contribution in [0.1, 0.15) is 30.4 Å². The summed E-state index contributed by atoms with van der Waals surface area (Å²) in [7, 11) is 1.72. The molecule has 3 unspecified atom stereocenters. The van der Waals surface area contributed by atoms with E-state index in [1.165, 1.54) is 17.5 Å². The van der Waals surface area contributed by atoms with Gasteiger partial charge in [-0.2, -0.15) is 0 Å². The smallest absolute Gasteiger partial charge is 0.158 e. The first-order valence-electron chi connectivity index (χ1n) is 7.13. The molecule has 0 radical (unpaired) electrons. The molecule has 0 saturated heterocycles. The van der Waals surface area contributed by atoms with E-state index in [4.69, 9.17) is 4.74 Å². The van der Waals surface area contributed by atoms with Gasteiger partial charge in [-0.25, -0.2) is 0 Å². The molecule has 1 spiro atoms. The first-order valence-corrected chi connectivity index (χ1v) is 7.13. The molecule has 1 saturated carbocycles. The van der Waals surface area contributed by atoms with Gasteiger partial charge < -0.3 is 4.74 Å². The molecule has 2 bridgehead atoms. The SMILES string of the molecule is COc1ccc2c(c1)CCC1CC3CC21C=CC3=O. The van der Waals surface area contributed by atoms with Gasteiger partial charge in [-0.1, -0.05) is 12.1 Å². The molecule has 1 aromatic carbocycles. The minimum absolute atomic E-state index is 0.137. The van der Waals surface area contributed by atoms with E-state index < -0.39 is 0 Å². The molecule has 19 heavy (non-hydrogen) atoms. The Morgan fingerprint density at radius 3 is 3.11 bits per heavy atom. The first-order chi connectivity index (χ1) is 9.23. The summed E-state index contributed by atoms with van der Waals surface area (Å²) in [5.41, 5.74) is 2.99. The highest BCUT2D eigenvalue weighted by Crippen LogP contribution is 2.57. The van der Waals surface area contributed by atoms with Gasteiger partial charge in [0.2, 0.25) is 0 Å². The first kappa shape index (κ1) is 11.3. The molecule has 1 fully saturated rings. The molecule has 3 aliphatic carbocycles. The summed E-state index contributed by atoms with van der Waals surface area (Å²) in [5, 5.41) is 0. The van der Waals surface area contributed by atoms with Gasteiger partial charge in [0.15, 0.2) is 5.78 Å². The number of hydrogen-bond donors (Lipinski definition) is 0. The van der Waals surface area contributed by atoms with Crippen LogP contribution in [-0.4, -0.2) is 12.9 Å². The molecule has 2 nitrogen and oxygen atoms in total. The second kappa shape index (κ2) is 3.72. The van der Waals surface area contributed by atoms with Crippen molar-refractivity contribution in [3.63, 3.8) is 0 Å². The summed E-state index contributed by atoms with van der Waals surface area (Å²) >= 11 is 0. The molecular weight excluding hydrogens is 236 g/mol. The van der Waals surface area contributed by atoms with Crippen molar-refractivity contribution in [2.45, 2.75) is 31.1 Å². The maximum Gasteiger partial charge on any atom is 0.158 e. The second-order valence-corrected chi connectivity index (χ2v) is 6.17. The van der Waals surface area contributed by atoms with E-state index in [0.717, 1.165) is 25.0 Å². The van der Waals surface area contributed by atoms with E-state index in [9.17, 15) is 4.79 Å². The zero-order chi connectivity index (χ0) is 13.0. The van der Waals surface area contributed by atoms with Gasteiger partial charge in [0.1, 0.15) is 5.75 Å². The average molecular weight is 254 g/mol. The maximum atomic E-state index is 11.9. The van der Waals surface area contributed by atoms with Gasteiger partial charge in [0.05, 0.1) is 7.11 Å². The third-order valence-corrected chi connectivity index (χ3v) is 5.41. The van der Waals surface area contributed by atoms with Crippen LogP contribution in [-0.2, 0) is 16.6 Å². The third-order valence-electron chi connectivity index (χ3n) is 5.41. The Labute approximate surface area is 113 Å². The van der Waals surface area contributed by atoms with Crippen molar-refractivity contribution in [3.8, 4) is 5.75 Å². The highest BCUT2D eigenvalue weighted by Gasteiger charge is 2.52. The molecule has 0 amide bonds. The Morgan fingerprint density at radius 2 is 2.26 bits per heavy atom. The van der Waals surface area contributed by atoms with Crippen molar-refractivity contribution in [2.75, 3.05) is 7.11 Å². The largest absolute Gasteiger partial charge is 0.497 e. The van der Waals surface area contributed by atoms with Crippen LogP contribution in [0.25, 0.3) is 0 Å². The molecule has 0 aliphatic heterocycles. The van der Waals surface area contributed by atoms with Crippen molar-refractivity contribution < 1.29 is 9.53 Å². The molecule has 3 atom stereocenters. The number of aryl methyl sites for hydroxylation is 1. The van der Waals surface area contributed by atoms with Crippen LogP contribution in [0.3, 0.4) is 0 Å². The highest BCUT2D eigenvalue weighted by molar-refractivity contribution is 5.94. The number of hydrogen-bond acceptors (Lipinski definition) is 2. The fourth-order valence-corrected chi connectivity index (χ4v) is 4.48. The number of carbonyl (C=O) groups is 1. The predicted molar refractivity (Wildman–Crippen MR) is 73.4 cm³/mol. The van der Waals surface area contributed by atoms with Gasteiger partial charge in [-0.05, 0) is 60.9 Å². The number of ketones is 1. The van der Waals surface area contributed by atoms with Crippen molar-refractivity contribution >= 4 is 5.78 Å². The van der Waals surface area contributed by atoms with Crippen LogP contribution in [0.15, 0.2) is 30.4 Å². The quantitative estimate of drug-likeness (QED) is 0.770. The van der Waals surface area contributed by atoms with E-state index >= 15 is 0 Å². The number of carbonyl (C=O) groups excluding carboxylic acids is 1. The Hall–Kier alpha value is -1.57. The fraction of sp³-hybridized carbons (Fsp3) is 0.471. The van der Waals surface area contributed by atoms with E-state index in [2.05, 4.69) is 24.3 Å². The molecule has 3 aliphatic rings. The van der Waals surface area contributed by atoms with Crippen LogP contribution in [0.5, 0.6) is 5.75 Å². The van der Waals surface area contributed by atoms with Crippen molar-refractivity contribution in [3.05, 3.63) is 41.5 Å². The molecule has 1 aromatic rings. The summed E-state index contributed by atoms with van der Waals surface area (Å²) in [6.07, 6.45) is 8.47. The predicted octanol–water partition coefficient (Wildman–Crippen LogP) is 3.04. The number of methoxy groups -OCH3 is 1. The Balaban J connectivity index is 1.88. The summed E-state index contributed by atoms with van der Waals surface area (Å²) in [6.45, 7) is 0. The number of fused-ring (bicyclic) bond motifs is 2. The lowest BCUT2D eigenvalue weighted by atomic mass is 9.64. The molecule has 0 aromatic heterocycles. The number of rotatable bonds is 1. The number of ether oxygens (including phenoxy) is 1. The average Bonchev–Trinajstić information content (AvgIpc) is 2.78. The Morgan fingerprint density at radius 1 is 1.37 bits per heavy atom. The lowest BCUT2D eigenvalue weighted by molar-refractivity contribution is -0.118. The third kappa shape index (κ3) is 1.40. The molecular formula is C17H18O2. The highest BCUT2D eigenvalue weighted by atomic mass is 16.5. The maximum absolute atomic E-state index is 11.9. The van der Waals surface area contributed by atoms with Gasteiger partial charge in [-0.3, -0.25) is 4.79 Å². The fourth-order valence-electron chi connectivity index (χ4n) is 4.48. The van der Waals surface area contributed by atoms with Crippen LogP contribution < -0.4 is 4.74 Å². The van der Waals surface area contributed by atoms with Gasteiger partial charge in [0, 0.05) is 11.3 Å². The normalized spacial score (nSPS) is 34.9. The van der Waals surface area contributed by atoms with Crippen LogP contribution in [0.4, 0.5) is 0 Å². The minimum Gasteiger partial charge on any atom is -0.497 e. The zero-order valence-electron chi connectivity index (χ0n) is 11.2. The molecule has 98 valence electrons. The Bertz CT molecular complexity index is 587. The monoisotopic (exact) mass is 254 g/mol. The van der Waals surface area contributed by atoms with E-state index in [0.29, 0.717) is 11.7 Å². The number of allylic oxidation sites excluding steroid dienone is 2. The van der Waals surface area contributed by atoms with Crippen LogP contribution in [0.2, 0.25) is 0 Å². The van der Waals surface area contributed by atoms with E-state index in [1.54, 1.807) is 7.11 Å². The summed E-state index contributed by atoms with van der Waals surface area (Å²) < 4.78 is 5.34. The Kier molecular flexibility index (Phi) is 2.21. The van der Waals surface area contributed by atoms with E-state index in [-0.39, 0.29) is 11.3 Å². The van der Waals surface area contributed by atoms with E-state index in [1.807, 2.05) is 6.08 Å². The summed E-state index contributed by atoms with van der Waals surface area (Å²) in [5.74, 6) is 2.21. The van der Waals surface area contributed by atoms with Crippen LogP contribution in [0, 0.1) is 11.8 Å². The lowest BCUT2D eigenvalue weighted by Gasteiger charge is -2.40.